The Balaban J connectivity index is 2.52. The number of carbonyl (C=O) groups excluding carboxylic acids is 1. The number of rotatable bonds is 8. The van der Waals surface area contributed by atoms with E-state index in [1.165, 1.54) is 30.3 Å². The van der Waals surface area contributed by atoms with E-state index >= 15 is 0 Å². The number of nitrogens with zero attached hydrogens (tertiary/aromatic N) is 1. The lowest BCUT2D eigenvalue weighted by Gasteiger charge is -2.31. The van der Waals surface area contributed by atoms with E-state index in [2.05, 4.69) is 5.32 Å². The fourth-order valence-electron chi connectivity index (χ4n) is 2.66. The van der Waals surface area contributed by atoms with Crippen molar-refractivity contribution in [3.05, 3.63) is 58.1 Å². The normalized spacial score (nSPS) is 12.3. The number of sulfonamides is 1. The highest BCUT2D eigenvalue weighted by molar-refractivity contribution is 7.92. The van der Waals surface area contributed by atoms with Gasteiger partial charge in [-0.1, -0.05) is 29.3 Å². The highest BCUT2D eigenvalue weighted by Crippen LogP contribution is 2.32. The number of halogens is 2. The third-order valence-corrected chi connectivity index (χ3v) is 6.43. The average Bonchev–Trinajstić information content (AvgIpc) is 2.67. The van der Waals surface area contributed by atoms with Gasteiger partial charge >= 0.3 is 6.09 Å². The first-order valence-electron chi connectivity index (χ1n) is 8.80. The molecule has 0 aromatic heterocycles. The van der Waals surface area contributed by atoms with Gasteiger partial charge in [-0.2, -0.15) is 0 Å². The molecule has 0 aliphatic heterocycles. The predicted octanol–water partition coefficient (Wildman–Crippen LogP) is 3.82. The van der Waals surface area contributed by atoms with Crippen molar-refractivity contribution in [2.24, 2.45) is 0 Å². The third-order valence-electron chi connectivity index (χ3n) is 4.00. The van der Waals surface area contributed by atoms with Gasteiger partial charge in [0, 0.05) is 22.2 Å². The van der Waals surface area contributed by atoms with Crippen molar-refractivity contribution < 1.29 is 23.1 Å². The molecule has 0 aliphatic carbocycles. The third kappa shape index (κ3) is 5.76. The lowest BCUT2D eigenvalue weighted by Crippen LogP contribution is -2.43. The lowest BCUT2D eigenvalue weighted by atomic mass is 10.1. The number of nitrogens with one attached hydrogen (secondary N) is 1. The molecule has 2 N–H and O–H groups in total. The molecule has 0 bridgehead atoms. The maximum atomic E-state index is 13.4. The fourth-order valence-corrected chi connectivity index (χ4v) is 4.62. The number of aliphatic hydroxyl groups is 1. The zero-order valence-electron chi connectivity index (χ0n) is 15.9. The fraction of sp³-hybridized carbons (Fsp3) is 0.316. The summed E-state index contributed by atoms with van der Waals surface area (Å²) in [6, 6.07) is 9.45. The van der Waals surface area contributed by atoms with E-state index < -0.39 is 28.8 Å². The molecule has 7 nitrogen and oxygen atoms in total. The Morgan fingerprint density at radius 3 is 2.38 bits per heavy atom. The molecule has 10 heteroatoms. The highest BCUT2D eigenvalue weighted by Gasteiger charge is 2.32. The summed E-state index contributed by atoms with van der Waals surface area (Å²) in [7, 11) is -4.09. The zero-order chi connectivity index (χ0) is 21.6. The minimum atomic E-state index is -4.09. The van der Waals surface area contributed by atoms with E-state index in [1.807, 2.05) is 0 Å². The first-order chi connectivity index (χ1) is 13.7. The Morgan fingerprint density at radius 1 is 1.17 bits per heavy atom. The SMILES string of the molecule is CCNC(=O)OC[C@@H](C)N(c1cc(Cl)ccc1CO)S(=O)(=O)c1ccc(Cl)cc1. The molecular weight excluding hydrogens is 439 g/mol. The first kappa shape index (κ1) is 23.3. The Hall–Kier alpha value is -2.00. The van der Waals surface area contributed by atoms with Crippen molar-refractivity contribution in [3.63, 3.8) is 0 Å². The number of hydrogen-bond donors (Lipinski definition) is 2. The molecule has 0 saturated heterocycles. The van der Waals surface area contributed by atoms with E-state index in [1.54, 1.807) is 26.0 Å². The number of alkyl carbamates (subject to hydrolysis) is 1. The molecule has 2 aromatic carbocycles. The average molecular weight is 461 g/mol. The largest absolute Gasteiger partial charge is 0.447 e. The molecule has 1 amide bonds. The van der Waals surface area contributed by atoms with E-state index in [4.69, 9.17) is 27.9 Å². The second-order valence-electron chi connectivity index (χ2n) is 6.16. The maximum Gasteiger partial charge on any atom is 0.407 e. The van der Waals surface area contributed by atoms with Gasteiger partial charge in [-0.25, -0.2) is 13.2 Å². The van der Waals surface area contributed by atoms with Gasteiger partial charge in [0.2, 0.25) is 0 Å². The van der Waals surface area contributed by atoms with Gasteiger partial charge in [0.25, 0.3) is 10.0 Å². The molecule has 29 heavy (non-hydrogen) atoms. The standard InChI is InChI=1S/C19H22Cl2N2O5S/c1-3-22-19(25)28-12-13(2)23(18-10-16(21)5-4-14(18)11-24)29(26,27)17-8-6-15(20)7-9-17/h4-10,13,24H,3,11-12H2,1-2H3,(H,22,25)/t13-/m1/s1. The maximum absolute atomic E-state index is 13.4. The number of anilines is 1. The summed E-state index contributed by atoms with van der Waals surface area (Å²) in [4.78, 5) is 11.7. The van der Waals surface area contributed by atoms with Gasteiger partial charge in [0.15, 0.2) is 0 Å². The summed E-state index contributed by atoms with van der Waals surface area (Å²) in [5, 5.41) is 12.9. The monoisotopic (exact) mass is 460 g/mol. The van der Waals surface area contributed by atoms with Crippen molar-refractivity contribution in [3.8, 4) is 0 Å². The molecule has 0 unspecified atom stereocenters. The molecule has 0 heterocycles. The summed E-state index contributed by atoms with van der Waals surface area (Å²) < 4.78 is 33.1. The molecule has 0 spiro atoms. The van der Waals surface area contributed by atoms with Crippen molar-refractivity contribution in [2.45, 2.75) is 31.4 Å². The summed E-state index contributed by atoms with van der Waals surface area (Å²) in [5.41, 5.74) is 0.554. The molecule has 0 aliphatic rings. The van der Waals surface area contributed by atoms with Crippen LogP contribution in [0, 0.1) is 0 Å². The van der Waals surface area contributed by atoms with Crippen LogP contribution in [-0.4, -0.2) is 38.8 Å². The molecule has 0 radical (unpaired) electrons. The van der Waals surface area contributed by atoms with E-state index in [9.17, 15) is 18.3 Å². The lowest BCUT2D eigenvalue weighted by molar-refractivity contribution is 0.142. The molecule has 0 saturated carbocycles. The van der Waals surface area contributed by atoms with Gasteiger partial charge < -0.3 is 15.2 Å². The van der Waals surface area contributed by atoms with Gasteiger partial charge in [-0.3, -0.25) is 4.31 Å². The van der Waals surface area contributed by atoms with Crippen LogP contribution in [0.2, 0.25) is 10.0 Å². The molecule has 158 valence electrons. The summed E-state index contributed by atoms with van der Waals surface area (Å²) >= 11 is 12.0. The first-order valence-corrected chi connectivity index (χ1v) is 11.0. The number of carbonyl (C=O) groups is 1. The van der Waals surface area contributed by atoms with Crippen LogP contribution >= 0.6 is 23.2 Å². The summed E-state index contributed by atoms with van der Waals surface area (Å²) in [6.07, 6.45) is -0.656. The molecular formula is C19H22Cl2N2O5S. The Bertz CT molecular complexity index is 952. The van der Waals surface area contributed by atoms with Crippen LogP contribution in [0.15, 0.2) is 47.4 Å². The van der Waals surface area contributed by atoms with E-state index in [0.29, 0.717) is 22.2 Å². The topological polar surface area (TPSA) is 95.9 Å². The minimum absolute atomic E-state index is 0.00405. The van der Waals surface area contributed by atoms with Gasteiger partial charge in [0.1, 0.15) is 6.61 Å². The van der Waals surface area contributed by atoms with Gasteiger partial charge in [0.05, 0.1) is 23.2 Å². The van der Waals surface area contributed by atoms with Crippen molar-refractivity contribution in [2.75, 3.05) is 17.5 Å². The van der Waals surface area contributed by atoms with Crippen LogP contribution in [0.5, 0.6) is 0 Å². The van der Waals surface area contributed by atoms with Gasteiger partial charge in [-0.15, -0.1) is 0 Å². The van der Waals surface area contributed by atoms with Crippen LogP contribution in [-0.2, 0) is 21.4 Å². The smallest absolute Gasteiger partial charge is 0.407 e. The van der Waals surface area contributed by atoms with Crippen molar-refractivity contribution >= 4 is 45.0 Å². The molecule has 2 aromatic rings. The Morgan fingerprint density at radius 2 is 1.79 bits per heavy atom. The number of amides is 1. The Kier molecular flexibility index (Phi) is 8.15. The highest BCUT2D eigenvalue weighted by atomic mass is 35.5. The summed E-state index contributed by atoms with van der Waals surface area (Å²) in [6.45, 7) is 3.10. The Labute approximate surface area is 180 Å². The predicted molar refractivity (Wildman–Crippen MR) is 113 cm³/mol. The second kappa shape index (κ2) is 10.2. The number of hydrogen-bond acceptors (Lipinski definition) is 5. The molecule has 2 rings (SSSR count). The molecule has 1 atom stereocenters. The molecule has 0 fully saturated rings. The number of benzene rings is 2. The van der Waals surface area contributed by atoms with Crippen molar-refractivity contribution in [1.82, 2.24) is 5.32 Å². The summed E-state index contributed by atoms with van der Waals surface area (Å²) in [5.74, 6) is 0. The van der Waals surface area contributed by atoms with Crippen LogP contribution < -0.4 is 9.62 Å². The van der Waals surface area contributed by atoms with E-state index in [0.717, 1.165) is 4.31 Å². The van der Waals surface area contributed by atoms with Crippen molar-refractivity contribution in [1.29, 1.82) is 0 Å². The van der Waals surface area contributed by atoms with Crippen LogP contribution in [0.4, 0.5) is 10.5 Å². The van der Waals surface area contributed by atoms with Crippen LogP contribution in [0.3, 0.4) is 0 Å². The zero-order valence-corrected chi connectivity index (χ0v) is 18.3. The van der Waals surface area contributed by atoms with Crippen LogP contribution in [0.25, 0.3) is 0 Å². The second-order valence-corrected chi connectivity index (χ2v) is 8.85. The van der Waals surface area contributed by atoms with Gasteiger partial charge in [-0.05, 0) is 50.2 Å². The number of aliphatic hydroxyl groups excluding tert-OH is 1. The van der Waals surface area contributed by atoms with Crippen LogP contribution in [0.1, 0.15) is 19.4 Å². The number of ether oxygens (including phenoxy) is 1. The van der Waals surface area contributed by atoms with E-state index in [-0.39, 0.29) is 17.2 Å². The quantitative estimate of drug-likeness (QED) is 0.623. The minimum Gasteiger partial charge on any atom is -0.447 e.